The fraction of sp³-hybridized carbons (Fsp3) is 0.0588. The fourth-order valence-electron chi connectivity index (χ4n) is 2.02. The van der Waals surface area contributed by atoms with E-state index >= 15 is 0 Å². The molecule has 3 rings (SSSR count). The number of rotatable bonds is 3. The van der Waals surface area contributed by atoms with Gasteiger partial charge in [0.15, 0.2) is 5.17 Å². The van der Waals surface area contributed by atoms with Gasteiger partial charge in [-0.05, 0) is 54.2 Å². The van der Waals surface area contributed by atoms with Gasteiger partial charge in [-0.1, -0.05) is 6.07 Å². The summed E-state index contributed by atoms with van der Waals surface area (Å²) in [6.45, 7) is 1.45. The Labute approximate surface area is 143 Å². The number of nitrogens with one attached hydrogen (secondary N) is 2. The zero-order chi connectivity index (χ0) is 16.9. The summed E-state index contributed by atoms with van der Waals surface area (Å²) < 4.78 is 0. The molecule has 1 aliphatic heterocycles. The Hall–Kier alpha value is -2.93. The minimum absolute atomic E-state index is 0.128. The number of benzene rings is 1. The van der Waals surface area contributed by atoms with Crippen molar-refractivity contribution in [3.05, 3.63) is 59.3 Å². The summed E-state index contributed by atoms with van der Waals surface area (Å²) in [5.74, 6) is -0.323. The molecule has 1 aromatic carbocycles. The van der Waals surface area contributed by atoms with Gasteiger partial charge in [-0.25, -0.2) is 4.99 Å². The molecule has 0 bridgehead atoms. The van der Waals surface area contributed by atoms with Crippen molar-refractivity contribution in [2.45, 2.75) is 6.92 Å². The molecular formula is C17H14N4O2S. The number of carbonyl (C=O) groups is 2. The number of aromatic nitrogens is 1. The molecule has 1 saturated heterocycles. The van der Waals surface area contributed by atoms with Crippen LogP contribution in [0.5, 0.6) is 0 Å². The van der Waals surface area contributed by atoms with Crippen LogP contribution < -0.4 is 10.6 Å². The highest BCUT2D eigenvalue weighted by atomic mass is 32.2. The van der Waals surface area contributed by atoms with Crippen molar-refractivity contribution in [3.8, 4) is 0 Å². The normalized spacial score (nSPS) is 17.1. The molecule has 1 aliphatic rings. The maximum absolute atomic E-state index is 12.0. The van der Waals surface area contributed by atoms with Crippen molar-refractivity contribution in [2.24, 2.45) is 4.99 Å². The molecule has 2 amide bonds. The van der Waals surface area contributed by atoms with Crippen LogP contribution in [-0.4, -0.2) is 22.0 Å². The van der Waals surface area contributed by atoms with Crippen LogP contribution in [0, 0.1) is 0 Å². The van der Waals surface area contributed by atoms with Crippen molar-refractivity contribution in [1.82, 2.24) is 10.3 Å². The first kappa shape index (κ1) is 15.9. The van der Waals surface area contributed by atoms with Gasteiger partial charge in [-0.15, -0.1) is 0 Å². The number of hydrogen-bond acceptors (Lipinski definition) is 5. The van der Waals surface area contributed by atoms with E-state index in [-0.39, 0.29) is 11.8 Å². The van der Waals surface area contributed by atoms with Gasteiger partial charge in [0.2, 0.25) is 5.91 Å². The van der Waals surface area contributed by atoms with Crippen molar-refractivity contribution in [3.63, 3.8) is 0 Å². The van der Waals surface area contributed by atoms with Crippen molar-refractivity contribution in [2.75, 3.05) is 5.32 Å². The largest absolute Gasteiger partial charge is 0.326 e. The van der Waals surface area contributed by atoms with E-state index in [4.69, 9.17) is 0 Å². The number of aliphatic imine (C=N–C) groups is 1. The standard InChI is InChI=1S/C17H14N4O2S/c1-11(22)19-12-5-7-13(8-6-12)20-17-21-16(23)15(24-17)10-14-4-2-3-9-18-14/h2-10H,1H3,(H,19,22)(H,20,21,23)/b15-10-. The molecule has 1 aromatic heterocycles. The molecule has 1 fully saturated rings. The SMILES string of the molecule is CC(=O)Nc1ccc(N=C2NC(=O)/C(=C/c3ccccn3)S2)cc1. The maximum atomic E-state index is 12.0. The number of hydrogen-bond donors (Lipinski definition) is 2. The molecule has 24 heavy (non-hydrogen) atoms. The number of pyridine rings is 1. The molecule has 2 N–H and O–H groups in total. The summed E-state index contributed by atoms with van der Waals surface area (Å²) in [7, 11) is 0. The first-order valence-corrected chi connectivity index (χ1v) is 8.00. The van der Waals surface area contributed by atoms with Crippen LogP contribution in [0.25, 0.3) is 6.08 Å². The van der Waals surface area contributed by atoms with Gasteiger partial charge in [0.1, 0.15) is 0 Å². The third-order valence-electron chi connectivity index (χ3n) is 3.04. The number of amides is 2. The van der Waals surface area contributed by atoms with Crippen LogP contribution in [0.3, 0.4) is 0 Å². The third kappa shape index (κ3) is 4.08. The molecule has 0 atom stereocenters. The van der Waals surface area contributed by atoms with Gasteiger partial charge in [-0.2, -0.15) is 0 Å². The van der Waals surface area contributed by atoms with Gasteiger partial charge in [-0.3, -0.25) is 14.6 Å². The van der Waals surface area contributed by atoms with Gasteiger partial charge in [0.25, 0.3) is 5.91 Å². The number of carbonyl (C=O) groups excluding carboxylic acids is 2. The molecule has 0 aliphatic carbocycles. The van der Waals surface area contributed by atoms with E-state index in [1.807, 2.05) is 18.2 Å². The fourth-order valence-corrected chi connectivity index (χ4v) is 2.84. The minimum Gasteiger partial charge on any atom is -0.326 e. The molecule has 0 unspecified atom stereocenters. The summed E-state index contributed by atoms with van der Waals surface area (Å²) >= 11 is 1.26. The average Bonchev–Trinajstić information content (AvgIpc) is 2.89. The van der Waals surface area contributed by atoms with E-state index < -0.39 is 0 Å². The average molecular weight is 338 g/mol. The van der Waals surface area contributed by atoms with Crippen LogP contribution in [-0.2, 0) is 9.59 Å². The molecule has 120 valence electrons. The van der Waals surface area contributed by atoms with Gasteiger partial charge in [0, 0.05) is 18.8 Å². The smallest absolute Gasteiger partial charge is 0.264 e. The molecule has 2 aromatic rings. The first-order chi connectivity index (χ1) is 11.6. The van der Waals surface area contributed by atoms with Crippen LogP contribution in [0.2, 0.25) is 0 Å². The van der Waals surface area contributed by atoms with Crippen molar-refractivity contribution < 1.29 is 9.59 Å². The maximum Gasteiger partial charge on any atom is 0.264 e. The number of anilines is 1. The van der Waals surface area contributed by atoms with E-state index in [0.29, 0.717) is 21.4 Å². The molecule has 6 nitrogen and oxygen atoms in total. The topological polar surface area (TPSA) is 83.5 Å². The lowest BCUT2D eigenvalue weighted by Crippen LogP contribution is -2.19. The second kappa shape index (κ2) is 7.10. The van der Waals surface area contributed by atoms with Crippen molar-refractivity contribution in [1.29, 1.82) is 0 Å². The Morgan fingerprint density at radius 1 is 1.25 bits per heavy atom. The Balaban J connectivity index is 1.74. The van der Waals surface area contributed by atoms with Gasteiger partial charge < -0.3 is 10.6 Å². The highest BCUT2D eigenvalue weighted by Crippen LogP contribution is 2.28. The molecule has 7 heteroatoms. The number of amidine groups is 1. The Kier molecular flexibility index (Phi) is 4.72. The minimum atomic E-state index is -0.195. The predicted molar refractivity (Wildman–Crippen MR) is 95.8 cm³/mol. The number of thioether (sulfide) groups is 1. The highest BCUT2D eigenvalue weighted by Gasteiger charge is 2.23. The lowest BCUT2D eigenvalue weighted by molar-refractivity contribution is -0.115. The molecule has 2 heterocycles. The summed E-state index contributed by atoms with van der Waals surface area (Å²) in [5, 5.41) is 5.93. The second-order valence-electron chi connectivity index (χ2n) is 4.96. The van der Waals surface area contributed by atoms with E-state index in [1.54, 1.807) is 36.5 Å². The van der Waals surface area contributed by atoms with E-state index in [9.17, 15) is 9.59 Å². The Bertz CT molecular complexity index is 829. The summed E-state index contributed by atoms with van der Waals surface area (Å²) in [6, 6.07) is 12.6. The van der Waals surface area contributed by atoms with E-state index in [1.165, 1.54) is 18.7 Å². The summed E-state index contributed by atoms with van der Waals surface area (Å²) in [5.41, 5.74) is 2.10. The third-order valence-corrected chi connectivity index (χ3v) is 3.95. The zero-order valence-corrected chi connectivity index (χ0v) is 13.6. The van der Waals surface area contributed by atoms with Gasteiger partial charge >= 0.3 is 0 Å². The first-order valence-electron chi connectivity index (χ1n) is 7.18. The zero-order valence-electron chi connectivity index (χ0n) is 12.8. The number of nitrogens with zero attached hydrogens (tertiary/aromatic N) is 2. The Morgan fingerprint density at radius 2 is 2.04 bits per heavy atom. The predicted octanol–water partition coefficient (Wildman–Crippen LogP) is 2.93. The van der Waals surface area contributed by atoms with Crippen LogP contribution in [0.15, 0.2) is 58.6 Å². The summed E-state index contributed by atoms with van der Waals surface area (Å²) in [4.78, 5) is 32.1. The highest BCUT2D eigenvalue weighted by molar-refractivity contribution is 8.18. The molecule has 0 radical (unpaired) electrons. The molecule has 0 saturated carbocycles. The second-order valence-corrected chi connectivity index (χ2v) is 6.00. The lowest BCUT2D eigenvalue weighted by Gasteiger charge is -2.02. The van der Waals surface area contributed by atoms with Crippen LogP contribution >= 0.6 is 11.8 Å². The van der Waals surface area contributed by atoms with Crippen LogP contribution in [0.4, 0.5) is 11.4 Å². The van der Waals surface area contributed by atoms with Gasteiger partial charge in [0.05, 0.1) is 16.3 Å². The monoisotopic (exact) mass is 338 g/mol. The quantitative estimate of drug-likeness (QED) is 0.843. The van der Waals surface area contributed by atoms with E-state index in [2.05, 4.69) is 20.6 Å². The Morgan fingerprint density at radius 3 is 2.71 bits per heavy atom. The lowest BCUT2D eigenvalue weighted by atomic mass is 10.3. The summed E-state index contributed by atoms with van der Waals surface area (Å²) in [6.07, 6.45) is 3.40. The molecule has 0 spiro atoms. The molecular weight excluding hydrogens is 324 g/mol. The van der Waals surface area contributed by atoms with Crippen LogP contribution in [0.1, 0.15) is 12.6 Å². The van der Waals surface area contributed by atoms with E-state index in [0.717, 1.165) is 5.69 Å². The van der Waals surface area contributed by atoms with Crippen molar-refractivity contribution >= 4 is 46.2 Å².